The Morgan fingerprint density at radius 3 is 2.45 bits per heavy atom. The number of sulfonamides is 1. The number of carbonyl (C=O) groups excluding carboxylic acids is 1. The number of hydrogen-bond donors (Lipinski definition) is 2. The Labute approximate surface area is 234 Å². The molecule has 0 spiro atoms. The van der Waals surface area contributed by atoms with Crippen LogP contribution < -0.4 is 14.9 Å². The molecule has 1 aliphatic rings. The number of hydrogen-bond acceptors (Lipinski definition) is 3. The number of fused-ring (bicyclic) bond motifs is 1. The molecule has 212 valence electrons. The lowest BCUT2D eigenvalue weighted by Gasteiger charge is -2.41. The quantitative estimate of drug-likeness (QED) is 0.261. The van der Waals surface area contributed by atoms with Crippen molar-refractivity contribution in [3.8, 4) is 0 Å². The van der Waals surface area contributed by atoms with Gasteiger partial charge in [0.2, 0.25) is 0 Å². The summed E-state index contributed by atoms with van der Waals surface area (Å²) in [7, 11) is -3.12. The fourth-order valence-corrected chi connectivity index (χ4v) is 6.82. The Balaban J connectivity index is 1.86. The number of alkyl halides is 3. The summed E-state index contributed by atoms with van der Waals surface area (Å²) in [6.07, 6.45) is -2.84. The molecule has 12 heteroatoms. The van der Waals surface area contributed by atoms with E-state index in [1.807, 2.05) is 0 Å². The first kappa shape index (κ1) is 29.4. The summed E-state index contributed by atoms with van der Waals surface area (Å²) in [5.74, 6) is -0.523. The van der Waals surface area contributed by atoms with E-state index in [2.05, 4.69) is 10.6 Å². The lowest BCUT2D eigenvalue weighted by atomic mass is 9.92. The van der Waals surface area contributed by atoms with Crippen molar-refractivity contribution >= 4 is 45.0 Å². The Kier molecular flexibility index (Phi) is 8.18. The van der Waals surface area contributed by atoms with Gasteiger partial charge in [0.1, 0.15) is 5.82 Å². The number of amides is 2. The van der Waals surface area contributed by atoms with E-state index in [1.54, 1.807) is 44.2 Å². The second kappa shape index (κ2) is 11.1. The van der Waals surface area contributed by atoms with Gasteiger partial charge in [0, 0.05) is 12.6 Å². The highest BCUT2D eigenvalue weighted by atomic mass is 35.5. The number of allylic oxidation sites excluding steroid dienone is 1. The van der Waals surface area contributed by atoms with Crippen LogP contribution in [0, 0.1) is 5.82 Å². The van der Waals surface area contributed by atoms with Crippen LogP contribution in [0.5, 0.6) is 0 Å². The van der Waals surface area contributed by atoms with Crippen molar-refractivity contribution in [1.82, 2.24) is 10.6 Å². The molecule has 2 atom stereocenters. The van der Waals surface area contributed by atoms with Gasteiger partial charge >= 0.3 is 12.2 Å². The Bertz CT molecular complexity index is 1570. The van der Waals surface area contributed by atoms with Crippen LogP contribution in [0.3, 0.4) is 0 Å². The molecule has 2 N–H and O–H groups in total. The van der Waals surface area contributed by atoms with Crippen molar-refractivity contribution in [3.63, 3.8) is 0 Å². The predicted molar refractivity (Wildman–Crippen MR) is 147 cm³/mol. The van der Waals surface area contributed by atoms with Gasteiger partial charge in [-0.05, 0) is 73.4 Å². The summed E-state index contributed by atoms with van der Waals surface area (Å²) < 4.78 is 83.7. The summed E-state index contributed by atoms with van der Waals surface area (Å²) in [5.41, 5.74) is 0.879. The first-order chi connectivity index (χ1) is 18.7. The molecular weight excluding hydrogens is 570 g/mol. The summed E-state index contributed by atoms with van der Waals surface area (Å²) in [5, 5.41) is 5.36. The second-order valence-corrected chi connectivity index (χ2v) is 11.6. The molecule has 6 nitrogen and oxygen atoms in total. The van der Waals surface area contributed by atoms with Gasteiger partial charge in [-0.15, -0.1) is 0 Å². The van der Waals surface area contributed by atoms with Crippen LogP contribution in [0.4, 0.5) is 28.0 Å². The monoisotopic (exact) mass is 595 g/mol. The lowest BCUT2D eigenvalue weighted by Crippen LogP contribution is -2.57. The molecule has 0 bridgehead atoms. The van der Waals surface area contributed by atoms with Crippen molar-refractivity contribution in [2.45, 2.75) is 43.4 Å². The summed E-state index contributed by atoms with van der Waals surface area (Å²) >= 11 is 6.20. The minimum atomic E-state index is -4.75. The molecule has 0 aromatic heterocycles. The standard InChI is InChI=1S/C28H26ClF4N3O3S/c1-16(26-22(29)8-5-9-23(26)30)12-18-10-11-19-14-24(35-27(37)34-3)17(2)36(25(19)13-18)40(38,39)21-7-4-6-20(15-21)28(31,32)33/h4-13,15,17,24H,14H2,1-3H3,(H2,34,35,37)/t17-,24-/m1/s1. The average Bonchev–Trinajstić information content (AvgIpc) is 2.88. The van der Waals surface area contributed by atoms with Crippen LogP contribution >= 0.6 is 11.6 Å². The third kappa shape index (κ3) is 5.80. The summed E-state index contributed by atoms with van der Waals surface area (Å²) in [6, 6.07) is 10.7. The molecule has 0 fully saturated rings. The molecule has 2 amide bonds. The van der Waals surface area contributed by atoms with Gasteiger partial charge < -0.3 is 10.6 Å². The molecule has 3 aromatic rings. The third-order valence-electron chi connectivity index (χ3n) is 6.74. The predicted octanol–water partition coefficient (Wildman–Crippen LogP) is 6.50. The maximum atomic E-state index is 14.5. The van der Waals surface area contributed by atoms with E-state index >= 15 is 0 Å². The van der Waals surface area contributed by atoms with Crippen molar-refractivity contribution in [1.29, 1.82) is 0 Å². The van der Waals surface area contributed by atoms with Gasteiger partial charge in [0.25, 0.3) is 10.0 Å². The molecule has 1 aliphatic heterocycles. The topological polar surface area (TPSA) is 78.5 Å². The van der Waals surface area contributed by atoms with E-state index in [0.29, 0.717) is 22.8 Å². The van der Waals surface area contributed by atoms with E-state index < -0.39 is 50.6 Å². The second-order valence-electron chi connectivity index (χ2n) is 9.41. The fourth-order valence-electron chi connectivity index (χ4n) is 4.74. The lowest BCUT2D eigenvalue weighted by molar-refractivity contribution is -0.137. The Morgan fingerprint density at radius 1 is 1.10 bits per heavy atom. The first-order valence-electron chi connectivity index (χ1n) is 12.2. The van der Waals surface area contributed by atoms with Crippen molar-refractivity contribution < 1.29 is 30.8 Å². The number of urea groups is 1. The SMILES string of the molecule is CNC(=O)N[C@@H]1Cc2ccc(C=C(C)c3c(F)cccc3Cl)cc2N(S(=O)(=O)c2cccc(C(F)(F)F)c2)[C@@H]1C. The molecule has 1 heterocycles. The molecule has 0 aliphatic carbocycles. The van der Waals surface area contributed by atoms with E-state index in [1.165, 1.54) is 19.2 Å². The molecule has 0 radical (unpaired) electrons. The number of rotatable bonds is 5. The first-order valence-corrected chi connectivity index (χ1v) is 14.0. The van der Waals surface area contributed by atoms with Crippen LogP contribution in [-0.2, 0) is 22.6 Å². The molecule has 4 rings (SSSR count). The van der Waals surface area contributed by atoms with Crippen LogP contribution in [-0.4, -0.2) is 33.6 Å². The molecule has 40 heavy (non-hydrogen) atoms. The zero-order valence-corrected chi connectivity index (χ0v) is 23.3. The maximum absolute atomic E-state index is 14.5. The maximum Gasteiger partial charge on any atom is 0.416 e. The van der Waals surface area contributed by atoms with Crippen LogP contribution in [0.25, 0.3) is 11.6 Å². The summed E-state index contributed by atoms with van der Waals surface area (Å²) in [4.78, 5) is 11.6. The Hall–Kier alpha value is -3.57. The number of nitrogens with one attached hydrogen (secondary N) is 2. The normalized spacial score (nSPS) is 17.8. The van der Waals surface area contributed by atoms with E-state index in [4.69, 9.17) is 11.6 Å². The smallest absolute Gasteiger partial charge is 0.341 e. The molecule has 0 unspecified atom stereocenters. The minimum absolute atomic E-state index is 0.193. The molecule has 3 aromatic carbocycles. The Morgan fingerprint density at radius 2 is 1.80 bits per heavy atom. The van der Waals surface area contributed by atoms with Crippen LogP contribution in [0.1, 0.15) is 36.1 Å². The molecular formula is C28H26ClF4N3O3S. The number of anilines is 1. The van der Waals surface area contributed by atoms with E-state index in [0.717, 1.165) is 22.5 Å². The van der Waals surface area contributed by atoms with Crippen molar-refractivity contribution in [2.75, 3.05) is 11.4 Å². The van der Waals surface area contributed by atoms with Gasteiger partial charge in [-0.1, -0.05) is 41.9 Å². The van der Waals surface area contributed by atoms with Gasteiger partial charge in [-0.25, -0.2) is 17.6 Å². The number of benzene rings is 3. The van der Waals surface area contributed by atoms with Crippen molar-refractivity contribution in [2.24, 2.45) is 0 Å². The fraction of sp³-hybridized carbons (Fsp3) is 0.250. The van der Waals surface area contributed by atoms with Crippen molar-refractivity contribution in [3.05, 3.63) is 93.8 Å². The van der Waals surface area contributed by atoms with E-state index in [9.17, 15) is 30.8 Å². The zero-order chi connectivity index (χ0) is 29.4. The van der Waals surface area contributed by atoms with Gasteiger partial charge in [-0.2, -0.15) is 13.2 Å². The molecule has 0 saturated heterocycles. The average molecular weight is 596 g/mol. The minimum Gasteiger partial charge on any atom is -0.341 e. The van der Waals surface area contributed by atoms with Crippen LogP contribution in [0.2, 0.25) is 5.02 Å². The number of halogens is 5. The van der Waals surface area contributed by atoms with Crippen LogP contribution in [0.15, 0.2) is 65.6 Å². The number of nitrogens with zero attached hydrogens (tertiary/aromatic N) is 1. The van der Waals surface area contributed by atoms with Gasteiger partial charge in [0.05, 0.1) is 33.3 Å². The van der Waals surface area contributed by atoms with Gasteiger partial charge in [0.15, 0.2) is 0 Å². The largest absolute Gasteiger partial charge is 0.416 e. The highest BCUT2D eigenvalue weighted by Gasteiger charge is 2.41. The number of carbonyl (C=O) groups is 1. The van der Waals surface area contributed by atoms with Gasteiger partial charge in [-0.3, -0.25) is 4.31 Å². The highest BCUT2D eigenvalue weighted by molar-refractivity contribution is 7.92. The third-order valence-corrected chi connectivity index (χ3v) is 8.95. The van der Waals surface area contributed by atoms with E-state index in [-0.39, 0.29) is 22.7 Å². The molecule has 0 saturated carbocycles. The summed E-state index contributed by atoms with van der Waals surface area (Å²) in [6.45, 7) is 3.23. The zero-order valence-electron chi connectivity index (χ0n) is 21.7. The highest BCUT2D eigenvalue weighted by Crippen LogP contribution is 2.39.